The van der Waals surface area contributed by atoms with Crippen molar-refractivity contribution in [3.8, 4) is 0 Å². The maximum Gasteiger partial charge on any atom is 0.0484 e. The smallest absolute Gasteiger partial charge is 0.0484 e. The Hall–Kier alpha value is -0.420. The number of nitrogens with two attached hydrogens (primary N) is 1. The molecule has 0 spiro atoms. The van der Waals surface area contributed by atoms with Gasteiger partial charge < -0.3 is 15.8 Å². The lowest BCUT2D eigenvalue weighted by atomic mass is 9.91. The number of rotatable bonds is 5. The summed E-state index contributed by atoms with van der Waals surface area (Å²) in [5.41, 5.74) is 6.25. The van der Waals surface area contributed by atoms with Crippen LogP contribution in [0.4, 0.5) is 0 Å². The average Bonchev–Trinajstić information content (AvgIpc) is 2.78. The van der Waals surface area contributed by atoms with Crippen LogP contribution in [-0.4, -0.2) is 25.3 Å². The molecule has 96 valence electrons. The second-order valence-electron chi connectivity index (χ2n) is 4.80. The molecule has 1 aliphatic heterocycles. The van der Waals surface area contributed by atoms with Crippen molar-refractivity contribution in [3.63, 3.8) is 0 Å². The third-order valence-electron chi connectivity index (χ3n) is 3.33. The van der Waals surface area contributed by atoms with Crippen LogP contribution in [0.25, 0.3) is 0 Å². The van der Waals surface area contributed by atoms with Crippen LogP contribution in [0.15, 0.2) is 12.1 Å². The summed E-state index contributed by atoms with van der Waals surface area (Å²) in [6.45, 7) is 5.62. The van der Waals surface area contributed by atoms with E-state index in [-0.39, 0.29) is 5.54 Å². The second-order valence-corrected chi connectivity index (χ2v) is 6.05. The highest BCUT2D eigenvalue weighted by atomic mass is 32.1. The largest absolute Gasteiger partial charge is 0.381 e. The van der Waals surface area contributed by atoms with Gasteiger partial charge in [0.05, 0.1) is 0 Å². The monoisotopic (exact) mass is 254 g/mol. The van der Waals surface area contributed by atoms with Crippen LogP contribution in [0.2, 0.25) is 0 Å². The normalized spacial score (nSPS) is 19.4. The van der Waals surface area contributed by atoms with E-state index in [1.165, 1.54) is 9.75 Å². The van der Waals surface area contributed by atoms with Gasteiger partial charge >= 0.3 is 0 Å². The van der Waals surface area contributed by atoms with Crippen molar-refractivity contribution in [2.75, 3.05) is 19.8 Å². The molecule has 0 radical (unpaired) electrons. The molecule has 0 aromatic carbocycles. The van der Waals surface area contributed by atoms with Gasteiger partial charge in [-0.3, -0.25) is 0 Å². The van der Waals surface area contributed by atoms with Crippen molar-refractivity contribution in [3.05, 3.63) is 21.9 Å². The van der Waals surface area contributed by atoms with E-state index >= 15 is 0 Å². The first kappa shape index (κ1) is 13.0. The van der Waals surface area contributed by atoms with E-state index in [1.807, 2.05) is 11.3 Å². The van der Waals surface area contributed by atoms with Crippen LogP contribution in [0.5, 0.6) is 0 Å². The molecule has 0 atom stereocenters. The fraction of sp³-hybridized carbons (Fsp3) is 0.692. The van der Waals surface area contributed by atoms with Crippen LogP contribution in [0.1, 0.15) is 29.5 Å². The predicted octanol–water partition coefficient (Wildman–Crippen LogP) is 1.91. The maximum absolute atomic E-state index is 6.32. The van der Waals surface area contributed by atoms with Gasteiger partial charge in [0.25, 0.3) is 0 Å². The minimum absolute atomic E-state index is 0.0664. The fourth-order valence-electron chi connectivity index (χ4n) is 2.10. The van der Waals surface area contributed by atoms with E-state index in [0.29, 0.717) is 0 Å². The summed E-state index contributed by atoms with van der Waals surface area (Å²) < 4.78 is 5.34. The van der Waals surface area contributed by atoms with Crippen molar-refractivity contribution in [2.24, 2.45) is 5.73 Å². The summed E-state index contributed by atoms with van der Waals surface area (Å²) in [6.07, 6.45) is 3.05. The Labute approximate surface area is 107 Å². The summed E-state index contributed by atoms with van der Waals surface area (Å²) in [4.78, 5) is 2.85. The number of hydrogen-bond donors (Lipinski definition) is 2. The van der Waals surface area contributed by atoms with Gasteiger partial charge in [0, 0.05) is 41.6 Å². The van der Waals surface area contributed by atoms with Crippen molar-refractivity contribution >= 4 is 11.3 Å². The van der Waals surface area contributed by atoms with Crippen molar-refractivity contribution < 1.29 is 4.74 Å². The van der Waals surface area contributed by atoms with Gasteiger partial charge in [0.15, 0.2) is 0 Å². The van der Waals surface area contributed by atoms with Crippen LogP contribution in [-0.2, 0) is 17.7 Å². The molecule has 1 aromatic heterocycles. The van der Waals surface area contributed by atoms with E-state index in [0.717, 1.165) is 45.6 Å². The third-order valence-corrected chi connectivity index (χ3v) is 4.56. The first-order valence-corrected chi connectivity index (χ1v) is 7.18. The Morgan fingerprint density at radius 3 is 2.71 bits per heavy atom. The molecule has 3 nitrogen and oxygen atoms in total. The maximum atomic E-state index is 6.32. The van der Waals surface area contributed by atoms with E-state index in [9.17, 15) is 0 Å². The highest BCUT2D eigenvalue weighted by molar-refractivity contribution is 7.11. The molecule has 0 aliphatic carbocycles. The molecular formula is C13H22N2OS. The zero-order chi connectivity index (χ0) is 12.1. The summed E-state index contributed by atoms with van der Waals surface area (Å²) in [5, 5.41) is 3.48. The second kappa shape index (κ2) is 5.96. The quantitative estimate of drug-likeness (QED) is 0.844. The number of hydrogen-bond acceptors (Lipinski definition) is 4. The third kappa shape index (κ3) is 3.78. The number of aryl methyl sites for hydroxylation is 1. The minimum Gasteiger partial charge on any atom is -0.381 e. The molecule has 0 amide bonds. The lowest BCUT2D eigenvalue weighted by molar-refractivity contribution is 0.0531. The van der Waals surface area contributed by atoms with Crippen molar-refractivity contribution in [1.29, 1.82) is 0 Å². The lowest BCUT2D eigenvalue weighted by Gasteiger charge is -2.33. The van der Waals surface area contributed by atoms with E-state index in [2.05, 4.69) is 24.4 Å². The molecule has 2 rings (SSSR count). The molecule has 0 saturated carbocycles. The summed E-state index contributed by atoms with van der Waals surface area (Å²) >= 11 is 1.89. The molecule has 4 heteroatoms. The van der Waals surface area contributed by atoms with E-state index in [4.69, 9.17) is 10.5 Å². The zero-order valence-corrected chi connectivity index (χ0v) is 11.3. The molecule has 3 N–H and O–H groups in total. The van der Waals surface area contributed by atoms with Crippen LogP contribution >= 0.6 is 11.3 Å². The Morgan fingerprint density at radius 1 is 1.35 bits per heavy atom. The molecular weight excluding hydrogens is 232 g/mol. The molecule has 1 saturated heterocycles. The van der Waals surface area contributed by atoms with Gasteiger partial charge in [-0.05, 0) is 31.4 Å². The standard InChI is InChI=1S/C13H22N2OS/c1-2-11-3-4-12(17-11)9-15-10-13(14)5-7-16-8-6-13/h3-4,15H,2,5-10,14H2,1H3. The Kier molecular flexibility index (Phi) is 4.56. The number of nitrogens with one attached hydrogen (secondary N) is 1. The zero-order valence-electron chi connectivity index (χ0n) is 10.5. The molecule has 1 fully saturated rings. The Morgan fingerprint density at radius 2 is 2.06 bits per heavy atom. The van der Waals surface area contributed by atoms with Crippen molar-refractivity contribution in [2.45, 2.75) is 38.3 Å². The van der Waals surface area contributed by atoms with Crippen LogP contribution in [0.3, 0.4) is 0 Å². The Balaban J connectivity index is 1.74. The summed E-state index contributed by atoms with van der Waals surface area (Å²) in [7, 11) is 0. The SMILES string of the molecule is CCc1ccc(CNCC2(N)CCOCC2)s1. The van der Waals surface area contributed by atoms with Gasteiger partial charge in [-0.2, -0.15) is 0 Å². The molecule has 0 bridgehead atoms. The fourth-order valence-corrected chi connectivity index (χ4v) is 3.02. The first-order chi connectivity index (χ1) is 8.22. The average molecular weight is 254 g/mol. The van der Waals surface area contributed by atoms with Crippen LogP contribution in [0, 0.1) is 0 Å². The Bertz CT molecular complexity index is 345. The first-order valence-electron chi connectivity index (χ1n) is 6.37. The summed E-state index contributed by atoms with van der Waals surface area (Å²) in [5.74, 6) is 0. The van der Waals surface area contributed by atoms with Crippen molar-refractivity contribution in [1.82, 2.24) is 5.32 Å². The summed E-state index contributed by atoms with van der Waals surface area (Å²) in [6, 6.07) is 4.43. The molecule has 1 aliphatic rings. The van der Waals surface area contributed by atoms with Gasteiger partial charge in [-0.25, -0.2) is 0 Å². The lowest BCUT2D eigenvalue weighted by Crippen LogP contribution is -2.52. The molecule has 17 heavy (non-hydrogen) atoms. The highest BCUT2D eigenvalue weighted by Gasteiger charge is 2.27. The van der Waals surface area contributed by atoms with E-state index in [1.54, 1.807) is 0 Å². The topological polar surface area (TPSA) is 47.3 Å². The van der Waals surface area contributed by atoms with Gasteiger partial charge in [0.2, 0.25) is 0 Å². The molecule has 1 aromatic rings. The molecule has 0 unspecified atom stereocenters. The minimum atomic E-state index is -0.0664. The highest BCUT2D eigenvalue weighted by Crippen LogP contribution is 2.18. The van der Waals surface area contributed by atoms with Crippen LogP contribution < -0.4 is 11.1 Å². The van der Waals surface area contributed by atoms with E-state index < -0.39 is 0 Å². The molecule has 2 heterocycles. The van der Waals surface area contributed by atoms with Gasteiger partial charge in [-0.15, -0.1) is 11.3 Å². The number of ether oxygens (including phenoxy) is 1. The van der Waals surface area contributed by atoms with Gasteiger partial charge in [-0.1, -0.05) is 6.92 Å². The predicted molar refractivity (Wildman–Crippen MR) is 72.4 cm³/mol. The number of thiophene rings is 1. The van der Waals surface area contributed by atoms with Gasteiger partial charge in [0.1, 0.15) is 0 Å².